The number of aliphatic carboxylic acids is 1. The Hall–Kier alpha value is -1.65. The summed E-state index contributed by atoms with van der Waals surface area (Å²) in [4.78, 5) is 18.1. The average Bonchev–Trinajstić information content (AvgIpc) is 2.15. The fraction of sp³-hybridized carbons (Fsp3) is 0.375. The maximum absolute atomic E-state index is 10.4. The molecule has 0 saturated heterocycles. The highest BCUT2D eigenvalue weighted by atomic mass is 16.4. The lowest BCUT2D eigenvalue weighted by atomic mass is 10.2. The van der Waals surface area contributed by atoms with Gasteiger partial charge in [-0.2, -0.15) is 0 Å². The molecule has 0 radical (unpaired) electrons. The number of nitrogens with zero attached hydrogens (tertiary/aromatic N) is 2. The Balaban J connectivity index is 2.39. The number of aromatic nitrogens is 2. The van der Waals surface area contributed by atoms with Gasteiger partial charge in [-0.25, -0.2) is 9.97 Å². The highest BCUT2D eigenvalue weighted by Crippen LogP contribution is 2.00. The van der Waals surface area contributed by atoms with Gasteiger partial charge in [-0.15, -0.1) is 0 Å². The third-order valence-corrected chi connectivity index (χ3v) is 1.59. The molecule has 1 unspecified atom stereocenters. The van der Waals surface area contributed by atoms with E-state index in [1.807, 2.05) is 0 Å². The van der Waals surface area contributed by atoms with Gasteiger partial charge < -0.3 is 10.4 Å². The van der Waals surface area contributed by atoms with Crippen molar-refractivity contribution < 1.29 is 9.90 Å². The number of carboxylic acid groups (broad SMARTS) is 1. The Bertz CT molecular complexity index is 276. The fourth-order valence-corrected chi connectivity index (χ4v) is 0.740. The molecule has 70 valence electrons. The van der Waals surface area contributed by atoms with E-state index in [1.165, 1.54) is 6.33 Å². The van der Waals surface area contributed by atoms with Crippen LogP contribution >= 0.6 is 0 Å². The molecule has 5 heteroatoms. The summed E-state index contributed by atoms with van der Waals surface area (Å²) in [6, 6.07) is 1.69. The molecule has 0 amide bonds. The van der Waals surface area contributed by atoms with E-state index in [-0.39, 0.29) is 0 Å². The van der Waals surface area contributed by atoms with Gasteiger partial charge in [0.15, 0.2) is 0 Å². The number of nitrogens with one attached hydrogen (secondary N) is 1. The van der Waals surface area contributed by atoms with Crippen LogP contribution in [0.5, 0.6) is 0 Å². The minimum absolute atomic E-state index is 0.367. The van der Waals surface area contributed by atoms with Gasteiger partial charge in [0.25, 0.3) is 0 Å². The second-order valence-corrected chi connectivity index (χ2v) is 2.71. The summed E-state index contributed by atoms with van der Waals surface area (Å²) in [7, 11) is 0. The zero-order valence-electron chi connectivity index (χ0n) is 7.27. The summed E-state index contributed by atoms with van der Waals surface area (Å²) in [6.07, 6.45) is 3.01. The average molecular weight is 181 g/mol. The number of hydrogen-bond acceptors (Lipinski definition) is 4. The molecule has 2 N–H and O–H groups in total. The van der Waals surface area contributed by atoms with Crippen LogP contribution in [0.4, 0.5) is 5.82 Å². The molecule has 1 rings (SSSR count). The molecule has 1 aromatic rings. The van der Waals surface area contributed by atoms with E-state index >= 15 is 0 Å². The van der Waals surface area contributed by atoms with Crippen LogP contribution in [0.2, 0.25) is 0 Å². The topological polar surface area (TPSA) is 75.1 Å². The van der Waals surface area contributed by atoms with Crippen LogP contribution in [0, 0.1) is 5.92 Å². The molecule has 5 nitrogen and oxygen atoms in total. The van der Waals surface area contributed by atoms with Crippen molar-refractivity contribution in [1.82, 2.24) is 9.97 Å². The molecule has 0 aromatic carbocycles. The molecule has 1 aromatic heterocycles. The molecule has 0 aliphatic carbocycles. The van der Waals surface area contributed by atoms with E-state index in [0.29, 0.717) is 12.4 Å². The summed E-state index contributed by atoms with van der Waals surface area (Å²) >= 11 is 0. The number of anilines is 1. The van der Waals surface area contributed by atoms with E-state index < -0.39 is 11.9 Å². The highest BCUT2D eigenvalue weighted by molar-refractivity contribution is 5.70. The first-order valence-corrected chi connectivity index (χ1v) is 3.93. The number of rotatable bonds is 4. The molecule has 0 fully saturated rings. The minimum atomic E-state index is -0.818. The Labute approximate surface area is 75.8 Å². The predicted octanol–water partition coefficient (Wildman–Crippen LogP) is 0.609. The molecule has 13 heavy (non-hydrogen) atoms. The van der Waals surface area contributed by atoms with Crippen LogP contribution in [0.15, 0.2) is 18.6 Å². The quantitative estimate of drug-likeness (QED) is 0.711. The first-order valence-electron chi connectivity index (χ1n) is 3.93. The normalized spacial score (nSPS) is 12.1. The van der Waals surface area contributed by atoms with Crippen LogP contribution in [-0.2, 0) is 4.79 Å². The lowest BCUT2D eigenvalue weighted by Crippen LogP contribution is -2.19. The van der Waals surface area contributed by atoms with Gasteiger partial charge in [0.2, 0.25) is 0 Å². The van der Waals surface area contributed by atoms with Crippen LogP contribution < -0.4 is 5.32 Å². The van der Waals surface area contributed by atoms with Crippen LogP contribution in [0.25, 0.3) is 0 Å². The third kappa shape index (κ3) is 3.06. The first kappa shape index (κ1) is 9.44. The van der Waals surface area contributed by atoms with Gasteiger partial charge in [0.05, 0.1) is 5.92 Å². The molecule has 0 spiro atoms. The van der Waals surface area contributed by atoms with Crippen molar-refractivity contribution in [2.45, 2.75) is 6.92 Å². The molecular weight excluding hydrogens is 170 g/mol. The van der Waals surface area contributed by atoms with E-state index in [2.05, 4.69) is 15.3 Å². The highest BCUT2D eigenvalue weighted by Gasteiger charge is 2.09. The van der Waals surface area contributed by atoms with Crippen molar-refractivity contribution in [2.75, 3.05) is 11.9 Å². The molecule has 0 aliphatic heterocycles. The standard InChI is InChI=1S/C8H11N3O2/c1-6(8(12)13)4-10-7-2-3-9-5-11-7/h2-3,5-6H,4H2,1H3,(H,12,13)(H,9,10,11). The molecule has 0 aliphatic rings. The van der Waals surface area contributed by atoms with Crippen LogP contribution in [-0.4, -0.2) is 27.6 Å². The van der Waals surface area contributed by atoms with Crippen molar-refractivity contribution in [3.8, 4) is 0 Å². The van der Waals surface area contributed by atoms with Gasteiger partial charge in [-0.1, -0.05) is 6.92 Å². The van der Waals surface area contributed by atoms with E-state index in [9.17, 15) is 4.79 Å². The fourth-order valence-electron chi connectivity index (χ4n) is 0.740. The minimum Gasteiger partial charge on any atom is -0.481 e. The summed E-state index contributed by atoms with van der Waals surface area (Å²) in [6.45, 7) is 2.00. The Morgan fingerprint density at radius 2 is 2.54 bits per heavy atom. The second kappa shape index (κ2) is 4.39. The maximum Gasteiger partial charge on any atom is 0.308 e. The number of carbonyl (C=O) groups is 1. The SMILES string of the molecule is CC(CNc1ccncn1)C(=O)O. The van der Waals surface area contributed by atoms with Gasteiger partial charge in [0, 0.05) is 12.7 Å². The van der Waals surface area contributed by atoms with Crippen molar-refractivity contribution in [3.05, 3.63) is 18.6 Å². The zero-order chi connectivity index (χ0) is 9.68. The van der Waals surface area contributed by atoms with Crippen LogP contribution in [0.1, 0.15) is 6.92 Å². The van der Waals surface area contributed by atoms with Crippen molar-refractivity contribution in [1.29, 1.82) is 0 Å². The maximum atomic E-state index is 10.4. The lowest BCUT2D eigenvalue weighted by molar-refractivity contribution is -0.140. The molecule has 1 atom stereocenters. The van der Waals surface area contributed by atoms with E-state index in [0.717, 1.165) is 0 Å². The molecule has 1 heterocycles. The van der Waals surface area contributed by atoms with Gasteiger partial charge in [-0.05, 0) is 6.07 Å². The Morgan fingerprint density at radius 3 is 3.08 bits per heavy atom. The summed E-state index contributed by atoms with van der Waals surface area (Å²) in [5.41, 5.74) is 0. The van der Waals surface area contributed by atoms with Crippen molar-refractivity contribution in [3.63, 3.8) is 0 Å². The van der Waals surface area contributed by atoms with Gasteiger partial charge >= 0.3 is 5.97 Å². The lowest BCUT2D eigenvalue weighted by Gasteiger charge is -2.07. The molecular formula is C8H11N3O2. The smallest absolute Gasteiger partial charge is 0.308 e. The predicted molar refractivity (Wildman–Crippen MR) is 47.3 cm³/mol. The second-order valence-electron chi connectivity index (χ2n) is 2.71. The van der Waals surface area contributed by atoms with Crippen LogP contribution in [0.3, 0.4) is 0 Å². The number of carboxylic acids is 1. The summed E-state index contributed by atoms with van der Waals surface area (Å²) in [5.74, 6) is -0.598. The number of hydrogen-bond donors (Lipinski definition) is 2. The van der Waals surface area contributed by atoms with E-state index in [4.69, 9.17) is 5.11 Å². The van der Waals surface area contributed by atoms with Gasteiger partial charge in [0.1, 0.15) is 12.1 Å². The Kier molecular flexibility index (Phi) is 3.19. The third-order valence-electron chi connectivity index (χ3n) is 1.59. The van der Waals surface area contributed by atoms with E-state index in [1.54, 1.807) is 19.2 Å². The summed E-state index contributed by atoms with van der Waals surface area (Å²) < 4.78 is 0. The Morgan fingerprint density at radius 1 is 1.77 bits per heavy atom. The first-order chi connectivity index (χ1) is 6.20. The molecule has 0 bridgehead atoms. The monoisotopic (exact) mass is 181 g/mol. The van der Waals surface area contributed by atoms with Gasteiger partial charge in [-0.3, -0.25) is 4.79 Å². The largest absolute Gasteiger partial charge is 0.481 e. The van der Waals surface area contributed by atoms with Crippen molar-refractivity contribution in [2.24, 2.45) is 5.92 Å². The summed E-state index contributed by atoms with van der Waals surface area (Å²) in [5, 5.41) is 11.5. The zero-order valence-corrected chi connectivity index (χ0v) is 7.27. The van der Waals surface area contributed by atoms with Crippen molar-refractivity contribution >= 4 is 11.8 Å². The molecule has 0 saturated carbocycles.